The molecule has 0 bridgehead atoms. The Morgan fingerprint density at radius 1 is 1.56 bits per heavy atom. The summed E-state index contributed by atoms with van der Waals surface area (Å²) in [4.78, 5) is 25.3. The first-order valence-corrected chi connectivity index (χ1v) is 5.10. The first kappa shape index (κ1) is 12.4. The monoisotopic (exact) mass is 223 g/mol. The van der Waals surface area contributed by atoms with Crippen LogP contribution in [0.15, 0.2) is 23.1 Å². The molecule has 0 aliphatic heterocycles. The smallest absolute Gasteiger partial charge is 0.251 e. The van der Waals surface area contributed by atoms with Crippen LogP contribution in [-0.2, 0) is 0 Å². The van der Waals surface area contributed by atoms with Crippen LogP contribution in [0.25, 0.3) is 0 Å². The summed E-state index contributed by atoms with van der Waals surface area (Å²) in [6.45, 7) is 5.49. The molecule has 4 N–H and O–H groups in total. The second-order valence-electron chi connectivity index (χ2n) is 4.41. The number of rotatable bonds is 3. The van der Waals surface area contributed by atoms with Gasteiger partial charge >= 0.3 is 0 Å². The zero-order valence-corrected chi connectivity index (χ0v) is 9.70. The fraction of sp³-hybridized carbons (Fsp3) is 0.455. The summed E-state index contributed by atoms with van der Waals surface area (Å²) in [5.41, 5.74) is 5.26. The molecule has 88 valence electrons. The van der Waals surface area contributed by atoms with E-state index in [-0.39, 0.29) is 17.5 Å². The van der Waals surface area contributed by atoms with E-state index < -0.39 is 5.54 Å². The second-order valence-corrected chi connectivity index (χ2v) is 4.41. The minimum Gasteiger partial charge on any atom is -0.346 e. The van der Waals surface area contributed by atoms with Crippen LogP contribution in [0.2, 0.25) is 0 Å². The predicted octanol–water partition coefficient (Wildman–Crippen LogP) is 0.230. The zero-order chi connectivity index (χ0) is 12.3. The summed E-state index contributed by atoms with van der Waals surface area (Å²) in [5, 5.41) is 2.78. The molecule has 1 rings (SSSR count). The molecule has 0 spiro atoms. The summed E-state index contributed by atoms with van der Waals surface area (Å²) in [5.74, 6) is -0.298. The quantitative estimate of drug-likeness (QED) is 0.685. The first-order chi connectivity index (χ1) is 7.33. The van der Waals surface area contributed by atoms with E-state index in [4.69, 9.17) is 5.73 Å². The second kappa shape index (κ2) is 4.49. The maximum absolute atomic E-state index is 11.8. The van der Waals surface area contributed by atoms with Gasteiger partial charge in [0.2, 0.25) is 5.56 Å². The molecule has 1 aromatic heterocycles. The van der Waals surface area contributed by atoms with Crippen LogP contribution in [0.1, 0.15) is 31.1 Å². The zero-order valence-electron chi connectivity index (χ0n) is 9.70. The highest BCUT2D eigenvalue weighted by Gasteiger charge is 2.25. The van der Waals surface area contributed by atoms with E-state index in [1.807, 2.05) is 20.8 Å². The number of amides is 1. The average molecular weight is 223 g/mol. The maximum atomic E-state index is 11.8. The van der Waals surface area contributed by atoms with E-state index in [1.54, 1.807) is 6.07 Å². The highest BCUT2D eigenvalue weighted by atomic mass is 16.2. The van der Waals surface area contributed by atoms with Crippen molar-refractivity contribution in [3.63, 3.8) is 0 Å². The Labute approximate surface area is 94.1 Å². The lowest BCUT2D eigenvalue weighted by Crippen LogP contribution is -2.54. The molecule has 0 aromatic carbocycles. The van der Waals surface area contributed by atoms with Crippen molar-refractivity contribution in [3.05, 3.63) is 34.2 Å². The SMILES string of the molecule is CC(N)C(C)(C)NC(=O)c1cc[nH]c(=O)c1. The Kier molecular flexibility index (Phi) is 3.49. The van der Waals surface area contributed by atoms with Crippen LogP contribution in [0.3, 0.4) is 0 Å². The Morgan fingerprint density at radius 2 is 2.19 bits per heavy atom. The van der Waals surface area contributed by atoms with Crippen molar-refractivity contribution >= 4 is 5.91 Å². The lowest BCUT2D eigenvalue weighted by Gasteiger charge is -2.30. The molecule has 0 saturated heterocycles. The Bertz CT molecular complexity index is 435. The van der Waals surface area contributed by atoms with E-state index >= 15 is 0 Å². The third kappa shape index (κ3) is 2.93. The van der Waals surface area contributed by atoms with Crippen molar-refractivity contribution in [3.8, 4) is 0 Å². The largest absolute Gasteiger partial charge is 0.346 e. The average Bonchev–Trinajstić information content (AvgIpc) is 2.16. The molecular formula is C11H17N3O2. The minimum absolute atomic E-state index is 0.182. The van der Waals surface area contributed by atoms with E-state index in [1.165, 1.54) is 12.3 Å². The molecule has 0 radical (unpaired) electrons. The first-order valence-electron chi connectivity index (χ1n) is 5.10. The van der Waals surface area contributed by atoms with Crippen molar-refractivity contribution < 1.29 is 4.79 Å². The van der Waals surface area contributed by atoms with Gasteiger partial charge in [-0.15, -0.1) is 0 Å². The topological polar surface area (TPSA) is 88.0 Å². The summed E-state index contributed by atoms with van der Waals surface area (Å²) < 4.78 is 0. The predicted molar refractivity (Wildman–Crippen MR) is 62.3 cm³/mol. The summed E-state index contributed by atoms with van der Waals surface area (Å²) in [7, 11) is 0. The van der Waals surface area contributed by atoms with E-state index in [2.05, 4.69) is 10.3 Å². The van der Waals surface area contributed by atoms with Gasteiger partial charge in [-0.1, -0.05) is 0 Å². The van der Waals surface area contributed by atoms with Gasteiger partial charge in [-0.3, -0.25) is 9.59 Å². The Balaban J connectivity index is 2.85. The van der Waals surface area contributed by atoms with E-state index in [0.29, 0.717) is 5.56 Å². The third-order valence-corrected chi connectivity index (χ3v) is 2.61. The Hall–Kier alpha value is -1.62. The normalized spacial score (nSPS) is 13.2. The van der Waals surface area contributed by atoms with Gasteiger partial charge < -0.3 is 16.0 Å². The number of aromatic nitrogens is 1. The molecule has 1 atom stereocenters. The fourth-order valence-corrected chi connectivity index (χ4v) is 1.06. The fourth-order valence-electron chi connectivity index (χ4n) is 1.06. The number of aromatic amines is 1. The van der Waals surface area contributed by atoms with Gasteiger partial charge in [-0.25, -0.2) is 0 Å². The number of nitrogens with one attached hydrogen (secondary N) is 2. The molecule has 0 aliphatic carbocycles. The van der Waals surface area contributed by atoms with Gasteiger partial charge in [-0.05, 0) is 26.8 Å². The molecule has 5 nitrogen and oxygen atoms in total. The van der Waals surface area contributed by atoms with Crippen LogP contribution in [0.5, 0.6) is 0 Å². The van der Waals surface area contributed by atoms with Crippen molar-refractivity contribution in [2.24, 2.45) is 5.73 Å². The number of carbonyl (C=O) groups excluding carboxylic acids is 1. The molecule has 0 saturated carbocycles. The molecule has 1 heterocycles. The minimum atomic E-state index is -0.514. The standard InChI is InChI=1S/C11H17N3O2/c1-7(12)11(2,3)14-10(16)8-4-5-13-9(15)6-8/h4-7H,12H2,1-3H3,(H,13,15)(H,14,16). The highest BCUT2D eigenvalue weighted by molar-refractivity contribution is 5.94. The molecule has 16 heavy (non-hydrogen) atoms. The number of nitrogens with two attached hydrogens (primary N) is 1. The van der Waals surface area contributed by atoms with E-state index in [0.717, 1.165) is 0 Å². The third-order valence-electron chi connectivity index (χ3n) is 2.61. The number of hydrogen-bond donors (Lipinski definition) is 3. The summed E-state index contributed by atoms with van der Waals surface area (Å²) in [6, 6.07) is 2.62. The van der Waals surface area contributed by atoms with Crippen molar-refractivity contribution in [2.75, 3.05) is 0 Å². The highest BCUT2D eigenvalue weighted by Crippen LogP contribution is 2.07. The van der Waals surface area contributed by atoms with Crippen LogP contribution in [-0.4, -0.2) is 22.5 Å². The number of carbonyl (C=O) groups is 1. The number of H-pyrrole nitrogens is 1. The van der Waals surface area contributed by atoms with Crippen LogP contribution < -0.4 is 16.6 Å². The summed E-state index contributed by atoms with van der Waals surface area (Å²) in [6.07, 6.45) is 1.44. The van der Waals surface area contributed by atoms with Gasteiger partial charge in [0, 0.05) is 29.4 Å². The van der Waals surface area contributed by atoms with Crippen molar-refractivity contribution in [1.29, 1.82) is 0 Å². The van der Waals surface area contributed by atoms with Crippen molar-refractivity contribution in [1.82, 2.24) is 10.3 Å². The van der Waals surface area contributed by atoms with Crippen molar-refractivity contribution in [2.45, 2.75) is 32.4 Å². The van der Waals surface area contributed by atoms with Crippen LogP contribution in [0, 0.1) is 0 Å². The van der Waals surface area contributed by atoms with Crippen LogP contribution >= 0.6 is 0 Å². The van der Waals surface area contributed by atoms with E-state index in [9.17, 15) is 9.59 Å². The molecule has 5 heteroatoms. The van der Waals surface area contributed by atoms with Gasteiger partial charge in [0.15, 0.2) is 0 Å². The van der Waals surface area contributed by atoms with Crippen LogP contribution in [0.4, 0.5) is 0 Å². The van der Waals surface area contributed by atoms with Gasteiger partial charge in [0.05, 0.1) is 0 Å². The molecule has 0 fully saturated rings. The molecular weight excluding hydrogens is 206 g/mol. The van der Waals surface area contributed by atoms with Gasteiger partial charge in [0.1, 0.15) is 0 Å². The molecule has 0 aliphatic rings. The number of hydrogen-bond acceptors (Lipinski definition) is 3. The number of pyridine rings is 1. The molecule has 1 aromatic rings. The summed E-state index contributed by atoms with van der Waals surface area (Å²) >= 11 is 0. The maximum Gasteiger partial charge on any atom is 0.251 e. The molecule has 1 amide bonds. The Morgan fingerprint density at radius 3 is 2.69 bits per heavy atom. The molecule has 1 unspecified atom stereocenters. The van der Waals surface area contributed by atoms with Gasteiger partial charge in [0.25, 0.3) is 5.91 Å². The lowest BCUT2D eigenvalue weighted by atomic mass is 9.96. The lowest BCUT2D eigenvalue weighted by molar-refractivity contribution is 0.0903. The van der Waals surface area contributed by atoms with Gasteiger partial charge in [-0.2, -0.15) is 0 Å².